The molecule has 0 saturated heterocycles. The molecule has 0 aliphatic carbocycles. The van der Waals surface area contributed by atoms with E-state index in [-0.39, 0.29) is 6.09 Å². The third-order valence-corrected chi connectivity index (χ3v) is 11.5. The fraction of sp³-hybridized carbons (Fsp3) is 0.286. The fourth-order valence-electron chi connectivity index (χ4n) is 5.06. The van der Waals surface area contributed by atoms with Crippen molar-refractivity contribution in [1.29, 1.82) is 0 Å². The molecule has 202 valence electrons. The Balaban J connectivity index is 1.55. The van der Waals surface area contributed by atoms with Crippen molar-refractivity contribution in [3.8, 4) is 0 Å². The lowest BCUT2D eigenvalue weighted by Gasteiger charge is -2.29. The summed E-state index contributed by atoms with van der Waals surface area (Å²) in [5, 5.41) is 4.20. The van der Waals surface area contributed by atoms with Crippen molar-refractivity contribution in [3.05, 3.63) is 127 Å². The Labute approximate surface area is 235 Å². The monoisotopic (exact) mass is 538 g/mol. The van der Waals surface area contributed by atoms with Crippen LogP contribution in [0, 0.1) is 0 Å². The molecule has 0 aliphatic rings. The van der Waals surface area contributed by atoms with Crippen LogP contribution in [0.1, 0.15) is 39.2 Å². The molecule has 4 heteroatoms. The molecule has 4 aromatic carbocycles. The van der Waals surface area contributed by atoms with Crippen molar-refractivity contribution in [2.45, 2.75) is 45.6 Å². The number of unbranched alkanes of at least 4 members (excludes halogenated alkanes) is 1. The molecule has 0 saturated carbocycles. The number of hydrogen-bond donors (Lipinski definition) is 0. The van der Waals surface area contributed by atoms with Gasteiger partial charge in [-0.2, -0.15) is 0 Å². The molecule has 0 spiro atoms. The van der Waals surface area contributed by atoms with E-state index in [4.69, 9.17) is 4.74 Å². The van der Waals surface area contributed by atoms with E-state index in [1.54, 1.807) is 0 Å². The topological polar surface area (TPSA) is 29.5 Å². The number of carbonyl (C=O) groups is 1. The van der Waals surface area contributed by atoms with E-state index in [1.165, 1.54) is 21.5 Å². The summed E-state index contributed by atoms with van der Waals surface area (Å²) < 4.78 is 5.79. The van der Waals surface area contributed by atoms with Gasteiger partial charge in [-0.1, -0.05) is 84.9 Å². The molecule has 0 fully saturated rings. The van der Waals surface area contributed by atoms with Gasteiger partial charge in [-0.3, -0.25) is 0 Å². The van der Waals surface area contributed by atoms with Gasteiger partial charge in [-0.05, 0) is 82.0 Å². The van der Waals surface area contributed by atoms with Crippen molar-refractivity contribution in [2.75, 3.05) is 19.3 Å². The molecule has 0 aliphatic heterocycles. The van der Waals surface area contributed by atoms with Gasteiger partial charge in [0, 0.05) is 13.1 Å². The molecule has 0 radical (unpaired) electrons. The third kappa shape index (κ3) is 7.80. The first-order valence-corrected chi connectivity index (χ1v) is 15.9. The lowest BCUT2D eigenvalue weighted by atomic mass is 10.1. The van der Waals surface area contributed by atoms with E-state index in [0.29, 0.717) is 13.1 Å². The Hall–Kier alpha value is -3.42. The number of benzene rings is 4. The zero-order valence-electron chi connectivity index (χ0n) is 23.5. The average molecular weight is 539 g/mol. The minimum atomic E-state index is -1.87. The fourth-order valence-corrected chi connectivity index (χ4v) is 9.47. The Morgan fingerprint density at radius 2 is 1.08 bits per heavy atom. The second kappa shape index (κ2) is 13.6. The highest BCUT2D eigenvalue weighted by atomic mass is 31.2. The van der Waals surface area contributed by atoms with Crippen LogP contribution >= 0.6 is 7.26 Å². The van der Waals surface area contributed by atoms with E-state index >= 15 is 0 Å². The van der Waals surface area contributed by atoms with Crippen molar-refractivity contribution in [3.63, 3.8) is 0 Å². The van der Waals surface area contributed by atoms with Crippen LogP contribution in [-0.2, 0) is 11.2 Å². The molecule has 4 aromatic rings. The first kappa shape index (κ1) is 28.6. The number of carbonyl (C=O) groups excluding carboxylic acids is 1. The Kier molecular flexibility index (Phi) is 9.96. The summed E-state index contributed by atoms with van der Waals surface area (Å²) in [6.07, 6.45) is 3.56. The van der Waals surface area contributed by atoms with Crippen molar-refractivity contribution in [2.24, 2.45) is 0 Å². The molecule has 0 bridgehead atoms. The maximum absolute atomic E-state index is 13.1. The van der Waals surface area contributed by atoms with Gasteiger partial charge in [-0.15, -0.1) is 0 Å². The SMILES string of the molecule is CC(C)(C)OC(=O)N(CCCC[P+](c1ccccc1)(c1ccccc1)c1ccccc1)CCc1ccccc1. The van der Waals surface area contributed by atoms with Crippen molar-refractivity contribution in [1.82, 2.24) is 4.90 Å². The summed E-state index contributed by atoms with van der Waals surface area (Å²) in [6, 6.07) is 43.3. The summed E-state index contributed by atoms with van der Waals surface area (Å²) in [7, 11) is -1.87. The van der Waals surface area contributed by atoms with Crippen LogP contribution in [0.25, 0.3) is 0 Å². The molecular formula is C35H41NO2P+. The number of nitrogens with zero attached hydrogens (tertiary/aromatic N) is 1. The van der Waals surface area contributed by atoms with Crippen LogP contribution in [0.15, 0.2) is 121 Å². The number of hydrogen-bond acceptors (Lipinski definition) is 2. The van der Waals surface area contributed by atoms with Crippen LogP contribution in [-0.4, -0.2) is 35.8 Å². The highest BCUT2D eigenvalue weighted by Crippen LogP contribution is 2.55. The molecule has 0 atom stereocenters. The number of ether oxygens (including phenoxy) is 1. The van der Waals surface area contributed by atoms with Crippen LogP contribution in [0.3, 0.4) is 0 Å². The number of amides is 1. The third-order valence-electron chi connectivity index (χ3n) is 6.93. The molecule has 4 rings (SSSR count). The van der Waals surface area contributed by atoms with Crippen LogP contribution < -0.4 is 15.9 Å². The highest BCUT2D eigenvalue weighted by Gasteiger charge is 2.44. The van der Waals surface area contributed by atoms with Crippen LogP contribution in [0.4, 0.5) is 4.79 Å². The lowest BCUT2D eigenvalue weighted by Crippen LogP contribution is -2.39. The Morgan fingerprint density at radius 3 is 1.51 bits per heavy atom. The normalized spacial score (nSPS) is 11.7. The highest BCUT2D eigenvalue weighted by molar-refractivity contribution is 7.95. The van der Waals surface area contributed by atoms with E-state index in [0.717, 1.165) is 25.4 Å². The van der Waals surface area contributed by atoms with Gasteiger partial charge in [0.05, 0.1) is 6.16 Å². The van der Waals surface area contributed by atoms with Gasteiger partial charge in [0.15, 0.2) is 0 Å². The second-order valence-corrected chi connectivity index (χ2v) is 14.6. The first-order valence-electron chi connectivity index (χ1n) is 14.0. The summed E-state index contributed by atoms with van der Waals surface area (Å²) >= 11 is 0. The minimum Gasteiger partial charge on any atom is -0.444 e. The van der Waals surface area contributed by atoms with Gasteiger partial charge >= 0.3 is 6.09 Å². The van der Waals surface area contributed by atoms with E-state index < -0.39 is 12.9 Å². The minimum absolute atomic E-state index is 0.228. The standard InChI is InChI=1S/C35H41NO2P/c1-35(2,3)38-34(37)36(28-26-30-18-8-4-9-19-30)27-16-17-29-39(31-20-10-5-11-21-31,32-22-12-6-13-23-32)33-24-14-7-15-25-33/h4-15,18-25H,16-17,26-29H2,1-3H3/q+1. The molecule has 3 nitrogen and oxygen atoms in total. The largest absolute Gasteiger partial charge is 0.444 e. The first-order chi connectivity index (χ1) is 18.9. The van der Waals surface area contributed by atoms with Crippen LogP contribution in [0.5, 0.6) is 0 Å². The van der Waals surface area contributed by atoms with E-state index in [1.807, 2.05) is 43.9 Å². The zero-order chi connectivity index (χ0) is 27.6. The predicted molar refractivity (Wildman–Crippen MR) is 167 cm³/mol. The predicted octanol–water partition coefficient (Wildman–Crippen LogP) is 7.24. The lowest BCUT2D eigenvalue weighted by molar-refractivity contribution is 0.0250. The smallest absolute Gasteiger partial charge is 0.410 e. The van der Waals surface area contributed by atoms with Gasteiger partial charge in [0.2, 0.25) is 0 Å². The average Bonchev–Trinajstić information content (AvgIpc) is 2.96. The molecule has 0 unspecified atom stereocenters. The molecule has 0 aromatic heterocycles. The van der Waals surface area contributed by atoms with Gasteiger partial charge in [0.25, 0.3) is 0 Å². The second-order valence-electron chi connectivity index (χ2n) is 11.0. The maximum atomic E-state index is 13.1. The summed E-state index contributed by atoms with van der Waals surface area (Å²) in [5.74, 6) is 0. The Morgan fingerprint density at radius 1 is 0.641 bits per heavy atom. The van der Waals surface area contributed by atoms with Crippen molar-refractivity contribution >= 4 is 29.3 Å². The summed E-state index contributed by atoms with van der Waals surface area (Å²) in [5.41, 5.74) is 0.713. The summed E-state index contributed by atoms with van der Waals surface area (Å²) in [6.45, 7) is 7.12. The summed E-state index contributed by atoms with van der Waals surface area (Å²) in [4.78, 5) is 15.0. The zero-order valence-corrected chi connectivity index (χ0v) is 24.4. The molecular weight excluding hydrogens is 497 g/mol. The van der Waals surface area contributed by atoms with Gasteiger partial charge in [-0.25, -0.2) is 4.79 Å². The molecule has 39 heavy (non-hydrogen) atoms. The Bertz CT molecular complexity index is 1180. The molecule has 1 amide bonds. The van der Waals surface area contributed by atoms with E-state index in [9.17, 15) is 4.79 Å². The number of rotatable bonds is 11. The van der Waals surface area contributed by atoms with Gasteiger partial charge < -0.3 is 9.64 Å². The maximum Gasteiger partial charge on any atom is 0.410 e. The van der Waals surface area contributed by atoms with Crippen molar-refractivity contribution < 1.29 is 9.53 Å². The molecule has 0 heterocycles. The molecule has 0 N–H and O–H groups in total. The van der Waals surface area contributed by atoms with Crippen LogP contribution in [0.2, 0.25) is 0 Å². The van der Waals surface area contributed by atoms with E-state index in [2.05, 4.69) is 103 Å². The quantitative estimate of drug-likeness (QED) is 0.149. The van der Waals surface area contributed by atoms with Gasteiger partial charge in [0.1, 0.15) is 28.8 Å².